The summed E-state index contributed by atoms with van der Waals surface area (Å²) in [5, 5.41) is 27.5. The Morgan fingerprint density at radius 2 is 1.90 bits per heavy atom. The second-order valence-electron chi connectivity index (χ2n) is 3.74. The topological polar surface area (TPSA) is 142 Å². The fourth-order valence-corrected chi connectivity index (χ4v) is 2.01. The fourth-order valence-electron chi connectivity index (χ4n) is 1.24. The lowest BCUT2D eigenvalue weighted by atomic mass is 10.3. The minimum absolute atomic E-state index is 0.0187. The molecule has 0 aliphatic carbocycles. The van der Waals surface area contributed by atoms with Gasteiger partial charge in [0, 0.05) is 5.69 Å². The van der Waals surface area contributed by atoms with Gasteiger partial charge in [-0.15, -0.1) is 0 Å². The number of hydrogen-bond donors (Lipinski definition) is 5. The molecule has 10 heteroatoms. The number of rotatable bonds is 5. The molecule has 0 unspecified atom stereocenters. The third kappa shape index (κ3) is 4.74. The predicted octanol–water partition coefficient (Wildman–Crippen LogP) is -0.934. The van der Waals surface area contributed by atoms with Crippen molar-refractivity contribution >= 4 is 39.0 Å². The van der Waals surface area contributed by atoms with E-state index in [1.165, 1.54) is 24.3 Å². The molecular weight excluding hydrogens is 306 g/mol. The summed E-state index contributed by atoms with van der Waals surface area (Å²) in [5.41, 5.74) is 0.442. The van der Waals surface area contributed by atoms with Gasteiger partial charge in [0.15, 0.2) is 5.11 Å². The Bertz CT molecular complexity index is 600. The molecule has 110 valence electrons. The highest BCUT2D eigenvalue weighted by atomic mass is 32.2. The van der Waals surface area contributed by atoms with Crippen molar-refractivity contribution in [2.45, 2.75) is 10.9 Å². The van der Waals surface area contributed by atoms with Crippen molar-refractivity contribution < 1.29 is 23.4 Å². The van der Waals surface area contributed by atoms with Crippen molar-refractivity contribution in [3.63, 3.8) is 0 Å². The van der Waals surface area contributed by atoms with Crippen LogP contribution in [0.3, 0.4) is 0 Å². The predicted molar refractivity (Wildman–Crippen MR) is 75.7 cm³/mol. The lowest BCUT2D eigenvalue weighted by Crippen LogP contribution is -2.45. The van der Waals surface area contributed by atoms with Gasteiger partial charge in [-0.05, 0) is 36.5 Å². The van der Waals surface area contributed by atoms with Crippen LogP contribution in [0.4, 0.5) is 5.69 Å². The number of carboxylic acids is 1. The maximum absolute atomic E-state index is 11.1. The van der Waals surface area contributed by atoms with Crippen LogP contribution in [0.2, 0.25) is 0 Å². The summed E-state index contributed by atoms with van der Waals surface area (Å²) < 4.78 is 22.1. The van der Waals surface area contributed by atoms with Gasteiger partial charge in [0.05, 0.1) is 11.5 Å². The van der Waals surface area contributed by atoms with E-state index in [0.29, 0.717) is 5.69 Å². The summed E-state index contributed by atoms with van der Waals surface area (Å²) in [4.78, 5) is 10.6. The number of nitrogens with one attached hydrogen (secondary N) is 2. The van der Waals surface area contributed by atoms with Gasteiger partial charge in [0.2, 0.25) is 10.0 Å². The number of anilines is 1. The van der Waals surface area contributed by atoms with Gasteiger partial charge in [0.25, 0.3) is 0 Å². The zero-order chi connectivity index (χ0) is 15.3. The number of sulfonamides is 1. The van der Waals surface area contributed by atoms with Crippen LogP contribution in [0.1, 0.15) is 0 Å². The van der Waals surface area contributed by atoms with Crippen molar-refractivity contribution in [1.82, 2.24) is 5.32 Å². The first-order chi connectivity index (χ1) is 9.24. The first-order valence-electron chi connectivity index (χ1n) is 5.28. The number of nitrogens with two attached hydrogens (primary N) is 1. The molecule has 0 radical (unpaired) electrons. The lowest BCUT2D eigenvalue weighted by Gasteiger charge is -2.15. The molecule has 0 aliphatic heterocycles. The molecule has 0 heterocycles. The number of carboxylic acid groups (broad SMARTS) is 1. The maximum atomic E-state index is 11.1. The number of primary sulfonamides is 1. The fraction of sp³-hybridized carbons (Fsp3) is 0.200. The highest BCUT2D eigenvalue weighted by Gasteiger charge is 2.16. The van der Waals surface area contributed by atoms with Crippen LogP contribution in [-0.2, 0) is 14.8 Å². The number of aliphatic hydroxyl groups is 1. The van der Waals surface area contributed by atoms with E-state index in [1.54, 1.807) is 0 Å². The van der Waals surface area contributed by atoms with Gasteiger partial charge in [0.1, 0.15) is 6.04 Å². The quantitative estimate of drug-likeness (QED) is 0.438. The van der Waals surface area contributed by atoms with E-state index in [4.69, 9.17) is 27.6 Å². The Hall–Kier alpha value is -1.75. The van der Waals surface area contributed by atoms with E-state index in [1.807, 2.05) is 0 Å². The van der Waals surface area contributed by atoms with Crippen molar-refractivity contribution in [3.05, 3.63) is 24.3 Å². The van der Waals surface area contributed by atoms with Gasteiger partial charge in [-0.1, -0.05) is 0 Å². The standard InChI is InChI=1S/C10H13N3O5S2/c11-20(17,18)7-3-1-6(2-4-7)12-10(19)13-8(5-14)9(15)16/h1-4,8,14H,5H2,(H,15,16)(H2,11,17,18)(H2,12,13,19)/t8-/m0/s1. The summed E-state index contributed by atoms with van der Waals surface area (Å²) in [6.07, 6.45) is 0. The second-order valence-corrected chi connectivity index (χ2v) is 5.71. The summed E-state index contributed by atoms with van der Waals surface area (Å²) >= 11 is 4.86. The van der Waals surface area contributed by atoms with Gasteiger partial charge in [-0.2, -0.15) is 0 Å². The number of benzene rings is 1. The molecule has 1 aromatic rings. The third-order valence-electron chi connectivity index (χ3n) is 2.23. The SMILES string of the molecule is NS(=O)(=O)c1ccc(NC(=S)N[C@@H](CO)C(=O)O)cc1. The van der Waals surface area contributed by atoms with Crippen LogP contribution in [0, 0.1) is 0 Å². The summed E-state index contributed by atoms with van der Waals surface area (Å²) in [7, 11) is -3.77. The molecule has 1 rings (SSSR count). The van der Waals surface area contributed by atoms with E-state index < -0.39 is 28.6 Å². The van der Waals surface area contributed by atoms with E-state index in [9.17, 15) is 13.2 Å². The molecule has 20 heavy (non-hydrogen) atoms. The van der Waals surface area contributed by atoms with Crippen LogP contribution >= 0.6 is 12.2 Å². The molecule has 0 aliphatic rings. The normalized spacial score (nSPS) is 12.5. The zero-order valence-corrected chi connectivity index (χ0v) is 11.7. The first-order valence-corrected chi connectivity index (χ1v) is 7.23. The first kappa shape index (κ1) is 16.3. The minimum atomic E-state index is -3.77. The van der Waals surface area contributed by atoms with E-state index in [0.717, 1.165) is 0 Å². The third-order valence-corrected chi connectivity index (χ3v) is 3.38. The zero-order valence-electron chi connectivity index (χ0n) is 10.1. The molecule has 0 bridgehead atoms. The molecule has 0 saturated carbocycles. The number of aliphatic carboxylic acids is 1. The van der Waals surface area contributed by atoms with Gasteiger partial charge < -0.3 is 20.8 Å². The molecule has 8 nitrogen and oxygen atoms in total. The Morgan fingerprint density at radius 3 is 2.30 bits per heavy atom. The van der Waals surface area contributed by atoms with Crippen molar-refractivity contribution in [2.24, 2.45) is 5.14 Å². The molecule has 6 N–H and O–H groups in total. The number of thiocarbonyl (C=S) groups is 1. The van der Waals surface area contributed by atoms with Crippen molar-refractivity contribution in [2.75, 3.05) is 11.9 Å². The van der Waals surface area contributed by atoms with Crippen LogP contribution in [0.25, 0.3) is 0 Å². The molecular formula is C10H13N3O5S2. The molecule has 1 atom stereocenters. The highest BCUT2D eigenvalue weighted by Crippen LogP contribution is 2.12. The molecule has 0 spiro atoms. The Balaban J connectivity index is 2.70. The Labute approximate surface area is 120 Å². The number of carbonyl (C=O) groups is 1. The average molecular weight is 319 g/mol. The van der Waals surface area contributed by atoms with Crippen LogP contribution in [0.15, 0.2) is 29.2 Å². The monoisotopic (exact) mass is 319 g/mol. The summed E-state index contributed by atoms with van der Waals surface area (Å²) in [5.74, 6) is -1.25. The summed E-state index contributed by atoms with van der Waals surface area (Å²) in [6.45, 7) is -0.624. The Morgan fingerprint density at radius 1 is 1.35 bits per heavy atom. The van der Waals surface area contributed by atoms with Crippen molar-refractivity contribution in [3.8, 4) is 0 Å². The van der Waals surface area contributed by atoms with E-state index in [2.05, 4.69) is 10.6 Å². The molecule has 0 aromatic heterocycles. The van der Waals surface area contributed by atoms with E-state index in [-0.39, 0.29) is 10.0 Å². The van der Waals surface area contributed by atoms with Crippen LogP contribution < -0.4 is 15.8 Å². The minimum Gasteiger partial charge on any atom is -0.480 e. The van der Waals surface area contributed by atoms with Gasteiger partial charge >= 0.3 is 5.97 Å². The number of aliphatic hydroxyl groups excluding tert-OH is 1. The van der Waals surface area contributed by atoms with E-state index >= 15 is 0 Å². The average Bonchev–Trinajstić information content (AvgIpc) is 2.35. The van der Waals surface area contributed by atoms with Crippen LogP contribution in [-0.4, -0.2) is 42.4 Å². The Kier molecular flexibility index (Phi) is 5.39. The molecule has 1 aromatic carbocycles. The largest absolute Gasteiger partial charge is 0.480 e. The van der Waals surface area contributed by atoms with Crippen molar-refractivity contribution in [1.29, 1.82) is 0 Å². The highest BCUT2D eigenvalue weighted by molar-refractivity contribution is 7.89. The molecule has 0 fully saturated rings. The smallest absolute Gasteiger partial charge is 0.328 e. The molecule has 0 saturated heterocycles. The van der Waals surface area contributed by atoms with Gasteiger partial charge in [-0.25, -0.2) is 18.4 Å². The maximum Gasteiger partial charge on any atom is 0.328 e. The molecule has 0 amide bonds. The van der Waals surface area contributed by atoms with Gasteiger partial charge in [-0.3, -0.25) is 0 Å². The van der Waals surface area contributed by atoms with Crippen LogP contribution in [0.5, 0.6) is 0 Å². The summed E-state index contributed by atoms with van der Waals surface area (Å²) in [6, 6.07) is 4.17. The number of hydrogen-bond acceptors (Lipinski definition) is 5. The second kappa shape index (κ2) is 6.61. The lowest BCUT2D eigenvalue weighted by molar-refractivity contribution is -0.139.